The highest BCUT2D eigenvalue weighted by molar-refractivity contribution is 7.86. The van der Waals surface area contributed by atoms with Crippen LogP contribution in [0.15, 0.2) is 0 Å². The molecule has 0 aliphatic carbocycles. The van der Waals surface area contributed by atoms with Gasteiger partial charge >= 0.3 is 5.97 Å². The van der Waals surface area contributed by atoms with E-state index in [0.29, 0.717) is 19.4 Å². The summed E-state index contributed by atoms with van der Waals surface area (Å²) in [6.07, 6.45) is 1.15. The monoisotopic (exact) mass is 264 g/mol. The van der Waals surface area contributed by atoms with Crippen LogP contribution < -0.4 is 0 Å². The quantitative estimate of drug-likeness (QED) is 0.795. The number of carboxylic acids is 1. The van der Waals surface area contributed by atoms with Crippen molar-refractivity contribution in [2.45, 2.75) is 32.7 Å². The second-order valence-corrected chi connectivity index (χ2v) is 6.64. The van der Waals surface area contributed by atoms with Gasteiger partial charge in [-0.05, 0) is 26.7 Å². The molecule has 6 nitrogen and oxygen atoms in total. The standard InChI is InChI=1S/C10H20N2O4S/c1-8(2)11(3)17(15,16)12-6-4-5-9(7-12)10(13)14/h8-9H,4-7H2,1-3H3,(H,13,14)/t9-/m0/s1. The number of carbonyl (C=O) groups is 1. The van der Waals surface area contributed by atoms with E-state index in [4.69, 9.17) is 5.11 Å². The Morgan fingerprint density at radius 1 is 1.47 bits per heavy atom. The van der Waals surface area contributed by atoms with Gasteiger partial charge in [-0.1, -0.05) is 0 Å². The number of piperidine rings is 1. The van der Waals surface area contributed by atoms with Gasteiger partial charge in [0, 0.05) is 26.2 Å². The van der Waals surface area contributed by atoms with Gasteiger partial charge in [0.15, 0.2) is 0 Å². The third-order valence-corrected chi connectivity index (χ3v) is 5.28. The molecule has 1 saturated heterocycles. The molecule has 7 heteroatoms. The Morgan fingerprint density at radius 2 is 2.06 bits per heavy atom. The largest absolute Gasteiger partial charge is 0.481 e. The van der Waals surface area contributed by atoms with Crippen molar-refractivity contribution in [3.8, 4) is 0 Å². The van der Waals surface area contributed by atoms with E-state index in [2.05, 4.69) is 0 Å². The molecule has 1 fully saturated rings. The molecule has 0 amide bonds. The van der Waals surface area contributed by atoms with E-state index >= 15 is 0 Å². The van der Waals surface area contributed by atoms with Gasteiger partial charge in [0.25, 0.3) is 10.2 Å². The molecule has 1 atom stereocenters. The summed E-state index contributed by atoms with van der Waals surface area (Å²) in [5, 5.41) is 8.93. The fourth-order valence-electron chi connectivity index (χ4n) is 1.80. The highest BCUT2D eigenvalue weighted by atomic mass is 32.2. The van der Waals surface area contributed by atoms with Gasteiger partial charge in [0.1, 0.15) is 0 Å². The maximum atomic E-state index is 12.2. The van der Waals surface area contributed by atoms with Crippen molar-refractivity contribution in [3.05, 3.63) is 0 Å². The van der Waals surface area contributed by atoms with Gasteiger partial charge in [-0.25, -0.2) is 0 Å². The number of rotatable bonds is 4. The fourth-order valence-corrected chi connectivity index (χ4v) is 3.43. The van der Waals surface area contributed by atoms with Crippen LogP contribution in [0.4, 0.5) is 0 Å². The smallest absolute Gasteiger partial charge is 0.307 e. The Kier molecular flexibility index (Phi) is 4.51. The van der Waals surface area contributed by atoms with Gasteiger partial charge in [0.2, 0.25) is 0 Å². The van der Waals surface area contributed by atoms with Crippen LogP contribution in [0.1, 0.15) is 26.7 Å². The number of hydrogen-bond acceptors (Lipinski definition) is 3. The topological polar surface area (TPSA) is 77.9 Å². The van der Waals surface area contributed by atoms with E-state index in [1.165, 1.54) is 15.7 Å². The normalized spacial score (nSPS) is 23.2. The molecule has 0 aromatic heterocycles. The lowest BCUT2D eigenvalue weighted by Gasteiger charge is -2.34. The summed E-state index contributed by atoms with van der Waals surface area (Å²) in [4.78, 5) is 10.9. The zero-order valence-corrected chi connectivity index (χ0v) is 11.3. The summed E-state index contributed by atoms with van der Waals surface area (Å²) in [6, 6.07) is -0.134. The summed E-state index contributed by atoms with van der Waals surface area (Å²) < 4.78 is 26.9. The summed E-state index contributed by atoms with van der Waals surface area (Å²) >= 11 is 0. The van der Waals surface area contributed by atoms with Crippen LogP contribution in [-0.4, -0.2) is 54.3 Å². The second-order valence-electron chi connectivity index (χ2n) is 4.65. The van der Waals surface area contributed by atoms with E-state index in [0.717, 1.165) is 0 Å². The molecule has 0 unspecified atom stereocenters. The predicted octanol–water partition coefficient (Wildman–Crippen LogP) is 0.368. The zero-order chi connectivity index (χ0) is 13.2. The molecule has 0 bridgehead atoms. The van der Waals surface area contributed by atoms with Crippen LogP contribution in [0.3, 0.4) is 0 Å². The van der Waals surface area contributed by atoms with Crippen LogP contribution in [0.5, 0.6) is 0 Å². The van der Waals surface area contributed by atoms with Gasteiger partial charge < -0.3 is 5.11 Å². The van der Waals surface area contributed by atoms with Crippen LogP contribution in [0.2, 0.25) is 0 Å². The van der Waals surface area contributed by atoms with Crippen molar-refractivity contribution in [1.29, 1.82) is 0 Å². The summed E-state index contributed by atoms with van der Waals surface area (Å²) in [6.45, 7) is 4.06. The maximum absolute atomic E-state index is 12.2. The average molecular weight is 264 g/mol. The minimum atomic E-state index is -3.52. The van der Waals surface area contributed by atoms with Crippen molar-refractivity contribution >= 4 is 16.2 Å². The molecule has 0 aromatic carbocycles. The molecule has 0 spiro atoms. The van der Waals surface area contributed by atoms with Crippen molar-refractivity contribution in [3.63, 3.8) is 0 Å². The molecular weight excluding hydrogens is 244 g/mol. The molecule has 1 rings (SSSR count). The first-order valence-corrected chi connectivity index (χ1v) is 7.12. The lowest BCUT2D eigenvalue weighted by atomic mass is 10.0. The Bertz CT molecular complexity index is 380. The number of aliphatic carboxylic acids is 1. The van der Waals surface area contributed by atoms with Crippen LogP contribution >= 0.6 is 0 Å². The van der Waals surface area contributed by atoms with Crippen LogP contribution in [-0.2, 0) is 15.0 Å². The van der Waals surface area contributed by atoms with Crippen molar-refractivity contribution < 1.29 is 18.3 Å². The lowest BCUT2D eigenvalue weighted by molar-refractivity contribution is -0.142. The van der Waals surface area contributed by atoms with Crippen LogP contribution in [0, 0.1) is 5.92 Å². The molecule has 1 aliphatic heterocycles. The minimum Gasteiger partial charge on any atom is -0.481 e. The molecule has 17 heavy (non-hydrogen) atoms. The van der Waals surface area contributed by atoms with Crippen molar-refractivity contribution in [2.75, 3.05) is 20.1 Å². The molecule has 1 aliphatic rings. The summed E-state index contributed by atoms with van der Waals surface area (Å²) in [5.74, 6) is -1.50. The SMILES string of the molecule is CC(C)N(C)S(=O)(=O)N1CCC[C@H](C(=O)O)C1. The molecule has 0 aromatic rings. The van der Waals surface area contributed by atoms with Gasteiger partial charge in [-0.3, -0.25) is 4.79 Å². The Morgan fingerprint density at radius 3 is 2.53 bits per heavy atom. The average Bonchev–Trinajstić information content (AvgIpc) is 2.28. The molecule has 0 radical (unpaired) electrons. The minimum absolute atomic E-state index is 0.0781. The van der Waals surface area contributed by atoms with Gasteiger partial charge in [0.05, 0.1) is 5.92 Å². The maximum Gasteiger partial charge on any atom is 0.307 e. The molecule has 1 heterocycles. The molecule has 0 saturated carbocycles. The lowest BCUT2D eigenvalue weighted by Crippen LogP contribution is -2.49. The van der Waals surface area contributed by atoms with E-state index in [9.17, 15) is 13.2 Å². The highest BCUT2D eigenvalue weighted by Crippen LogP contribution is 2.21. The van der Waals surface area contributed by atoms with E-state index in [1.54, 1.807) is 13.8 Å². The fraction of sp³-hybridized carbons (Fsp3) is 0.900. The van der Waals surface area contributed by atoms with Crippen LogP contribution in [0.25, 0.3) is 0 Å². The highest BCUT2D eigenvalue weighted by Gasteiger charge is 2.35. The second kappa shape index (κ2) is 5.32. The van der Waals surface area contributed by atoms with E-state index < -0.39 is 22.1 Å². The Balaban J connectivity index is 2.82. The van der Waals surface area contributed by atoms with E-state index in [-0.39, 0.29) is 12.6 Å². The molecule has 100 valence electrons. The summed E-state index contributed by atoms with van der Waals surface area (Å²) in [5.41, 5.74) is 0. The first-order valence-electron chi connectivity index (χ1n) is 5.72. The first kappa shape index (κ1) is 14.4. The molecular formula is C10H20N2O4S. The zero-order valence-electron chi connectivity index (χ0n) is 10.5. The number of nitrogens with zero attached hydrogens (tertiary/aromatic N) is 2. The Hall–Kier alpha value is -0.660. The van der Waals surface area contributed by atoms with Crippen molar-refractivity contribution in [2.24, 2.45) is 5.92 Å². The third kappa shape index (κ3) is 3.17. The third-order valence-electron chi connectivity index (χ3n) is 3.15. The number of carboxylic acid groups (broad SMARTS) is 1. The van der Waals surface area contributed by atoms with Gasteiger partial charge in [-0.15, -0.1) is 0 Å². The number of hydrogen-bond donors (Lipinski definition) is 1. The van der Waals surface area contributed by atoms with Gasteiger partial charge in [-0.2, -0.15) is 17.0 Å². The predicted molar refractivity (Wildman–Crippen MR) is 63.8 cm³/mol. The summed E-state index contributed by atoms with van der Waals surface area (Å²) in [7, 11) is -2.01. The Labute approximate surface area is 102 Å². The van der Waals surface area contributed by atoms with E-state index in [1.807, 2.05) is 0 Å². The van der Waals surface area contributed by atoms with Crippen molar-refractivity contribution in [1.82, 2.24) is 8.61 Å². The molecule has 1 N–H and O–H groups in total. The first-order chi connectivity index (χ1) is 7.76.